The van der Waals surface area contributed by atoms with E-state index in [1.807, 2.05) is 0 Å². The predicted molar refractivity (Wildman–Crippen MR) is 75.7 cm³/mol. The number of halogens is 2. The molecule has 2 aromatic rings. The summed E-state index contributed by atoms with van der Waals surface area (Å²) in [6.45, 7) is -0.0986. The van der Waals surface area contributed by atoms with Gasteiger partial charge in [-0.2, -0.15) is 0 Å². The number of hydrogen-bond donors (Lipinski definition) is 2. The Morgan fingerprint density at radius 2 is 1.86 bits per heavy atom. The molecule has 21 heavy (non-hydrogen) atoms. The number of benzene rings is 2. The number of rotatable bonds is 5. The first-order valence-electron chi connectivity index (χ1n) is 6.52. The third kappa shape index (κ3) is 4.36. The van der Waals surface area contributed by atoms with Gasteiger partial charge in [-0.25, -0.2) is 8.78 Å². The van der Waals surface area contributed by atoms with Crippen molar-refractivity contribution in [2.24, 2.45) is 0 Å². The van der Waals surface area contributed by atoms with Gasteiger partial charge in [-0.1, -0.05) is 18.2 Å². The smallest absolute Gasteiger partial charge is 0.224 e. The molecular weight excluding hydrogens is 276 g/mol. The Bertz CT molecular complexity index is 644. The van der Waals surface area contributed by atoms with Crippen LogP contribution in [0, 0.1) is 11.6 Å². The van der Waals surface area contributed by atoms with E-state index in [4.69, 9.17) is 5.11 Å². The molecule has 110 valence electrons. The molecular formula is C16H15F2NO2. The molecule has 5 heteroatoms. The first kappa shape index (κ1) is 15.1. The van der Waals surface area contributed by atoms with E-state index < -0.39 is 11.6 Å². The van der Waals surface area contributed by atoms with Crippen molar-refractivity contribution in [3.05, 3.63) is 65.2 Å². The van der Waals surface area contributed by atoms with Gasteiger partial charge in [-0.05, 0) is 41.8 Å². The maximum absolute atomic E-state index is 13.0. The predicted octanol–water partition coefficient (Wildman–Crippen LogP) is 3.03. The Morgan fingerprint density at radius 3 is 2.57 bits per heavy atom. The molecule has 0 aliphatic carbocycles. The highest BCUT2D eigenvalue weighted by atomic mass is 19.2. The van der Waals surface area contributed by atoms with Crippen LogP contribution in [0.5, 0.6) is 0 Å². The Morgan fingerprint density at radius 1 is 1.05 bits per heavy atom. The quantitative estimate of drug-likeness (QED) is 0.889. The minimum Gasteiger partial charge on any atom is -0.392 e. The minimum absolute atomic E-state index is 0.0986. The van der Waals surface area contributed by atoms with E-state index in [1.165, 1.54) is 6.07 Å². The topological polar surface area (TPSA) is 49.3 Å². The fourth-order valence-corrected chi connectivity index (χ4v) is 1.92. The molecule has 0 saturated carbocycles. The molecule has 2 aromatic carbocycles. The molecule has 2 rings (SSSR count). The summed E-state index contributed by atoms with van der Waals surface area (Å²) >= 11 is 0. The van der Waals surface area contributed by atoms with Crippen molar-refractivity contribution < 1.29 is 18.7 Å². The van der Waals surface area contributed by atoms with Crippen molar-refractivity contribution in [3.8, 4) is 0 Å². The van der Waals surface area contributed by atoms with Gasteiger partial charge in [0.1, 0.15) is 0 Å². The van der Waals surface area contributed by atoms with Crippen molar-refractivity contribution in [2.45, 2.75) is 19.4 Å². The van der Waals surface area contributed by atoms with Crippen LogP contribution in [0.25, 0.3) is 0 Å². The number of aliphatic hydroxyl groups is 1. The molecule has 1 amide bonds. The van der Waals surface area contributed by atoms with Gasteiger partial charge >= 0.3 is 0 Å². The monoisotopic (exact) mass is 291 g/mol. The minimum atomic E-state index is -0.913. The highest BCUT2D eigenvalue weighted by molar-refractivity contribution is 5.90. The first-order valence-corrected chi connectivity index (χ1v) is 6.52. The van der Waals surface area contributed by atoms with Crippen LogP contribution in [0.3, 0.4) is 0 Å². The number of aryl methyl sites for hydroxylation is 1. The van der Waals surface area contributed by atoms with Crippen LogP contribution in [-0.4, -0.2) is 11.0 Å². The molecule has 0 unspecified atom stereocenters. The summed E-state index contributed by atoms with van der Waals surface area (Å²) in [7, 11) is 0. The van der Waals surface area contributed by atoms with Crippen molar-refractivity contribution in [3.63, 3.8) is 0 Å². The maximum atomic E-state index is 13.0. The highest BCUT2D eigenvalue weighted by Gasteiger charge is 2.06. The van der Waals surface area contributed by atoms with Crippen molar-refractivity contribution in [2.75, 3.05) is 5.32 Å². The fourth-order valence-electron chi connectivity index (χ4n) is 1.92. The van der Waals surface area contributed by atoms with Crippen LogP contribution in [0.1, 0.15) is 17.5 Å². The van der Waals surface area contributed by atoms with Gasteiger partial charge < -0.3 is 10.4 Å². The van der Waals surface area contributed by atoms with Crippen LogP contribution in [0.15, 0.2) is 42.5 Å². The van der Waals surface area contributed by atoms with Crippen LogP contribution in [0.4, 0.5) is 14.5 Å². The molecule has 0 radical (unpaired) electrons. The van der Waals surface area contributed by atoms with E-state index in [1.54, 1.807) is 24.3 Å². The average Bonchev–Trinajstić information content (AvgIpc) is 2.48. The van der Waals surface area contributed by atoms with Gasteiger partial charge in [-0.15, -0.1) is 0 Å². The SMILES string of the molecule is O=C(CCc1ccc(F)c(F)c1)Nc1cccc(CO)c1. The van der Waals surface area contributed by atoms with Crippen molar-refractivity contribution in [1.82, 2.24) is 0 Å². The molecule has 0 atom stereocenters. The lowest BCUT2D eigenvalue weighted by molar-refractivity contribution is -0.116. The Kier molecular flexibility index (Phi) is 5.00. The van der Waals surface area contributed by atoms with Gasteiger partial charge in [0.25, 0.3) is 0 Å². The summed E-state index contributed by atoms with van der Waals surface area (Å²) < 4.78 is 25.8. The maximum Gasteiger partial charge on any atom is 0.224 e. The van der Waals surface area contributed by atoms with Gasteiger partial charge in [0.2, 0.25) is 5.91 Å². The first-order chi connectivity index (χ1) is 10.1. The van der Waals surface area contributed by atoms with Gasteiger partial charge in [-0.3, -0.25) is 4.79 Å². The Hall–Kier alpha value is -2.27. The van der Waals surface area contributed by atoms with E-state index in [0.29, 0.717) is 23.2 Å². The second-order valence-electron chi connectivity index (χ2n) is 4.66. The lowest BCUT2D eigenvalue weighted by Crippen LogP contribution is -2.12. The highest BCUT2D eigenvalue weighted by Crippen LogP contribution is 2.13. The van der Waals surface area contributed by atoms with E-state index in [-0.39, 0.29) is 18.9 Å². The van der Waals surface area contributed by atoms with E-state index in [9.17, 15) is 13.6 Å². The van der Waals surface area contributed by atoms with E-state index in [2.05, 4.69) is 5.32 Å². The normalized spacial score (nSPS) is 10.4. The number of nitrogens with one attached hydrogen (secondary N) is 1. The second kappa shape index (κ2) is 6.95. The van der Waals surface area contributed by atoms with Crippen LogP contribution >= 0.6 is 0 Å². The molecule has 0 aromatic heterocycles. The van der Waals surface area contributed by atoms with Gasteiger partial charge in [0.15, 0.2) is 11.6 Å². The summed E-state index contributed by atoms with van der Waals surface area (Å²) in [6.07, 6.45) is 0.483. The van der Waals surface area contributed by atoms with Crippen LogP contribution in [-0.2, 0) is 17.8 Å². The molecule has 2 N–H and O–H groups in total. The van der Waals surface area contributed by atoms with E-state index >= 15 is 0 Å². The Labute approximate surface area is 121 Å². The summed E-state index contributed by atoms with van der Waals surface area (Å²) in [5, 5.41) is 11.7. The van der Waals surface area contributed by atoms with Gasteiger partial charge in [0, 0.05) is 12.1 Å². The zero-order valence-electron chi connectivity index (χ0n) is 11.3. The summed E-state index contributed by atoms with van der Waals surface area (Å²) in [5.41, 5.74) is 1.86. The van der Waals surface area contributed by atoms with Gasteiger partial charge in [0.05, 0.1) is 6.61 Å². The molecule has 0 heterocycles. The molecule has 0 aliphatic heterocycles. The number of aliphatic hydroxyl groups excluding tert-OH is 1. The molecule has 0 bridgehead atoms. The molecule has 0 fully saturated rings. The summed E-state index contributed by atoms with van der Waals surface area (Å²) in [6, 6.07) is 10.5. The third-order valence-corrected chi connectivity index (χ3v) is 3.02. The number of anilines is 1. The lowest BCUT2D eigenvalue weighted by Gasteiger charge is -2.07. The van der Waals surface area contributed by atoms with Crippen molar-refractivity contribution >= 4 is 11.6 Å². The number of carbonyl (C=O) groups is 1. The zero-order valence-corrected chi connectivity index (χ0v) is 11.3. The molecule has 3 nitrogen and oxygen atoms in total. The number of carbonyl (C=O) groups excluding carboxylic acids is 1. The number of amides is 1. The second-order valence-corrected chi connectivity index (χ2v) is 4.66. The van der Waals surface area contributed by atoms with Crippen LogP contribution < -0.4 is 5.32 Å². The fraction of sp³-hybridized carbons (Fsp3) is 0.188. The Balaban J connectivity index is 1.90. The van der Waals surface area contributed by atoms with Crippen LogP contribution in [0.2, 0.25) is 0 Å². The van der Waals surface area contributed by atoms with Crippen molar-refractivity contribution in [1.29, 1.82) is 0 Å². The standard InChI is InChI=1S/C16H15F2NO2/c17-14-6-4-11(9-15(14)18)5-7-16(21)19-13-3-1-2-12(8-13)10-20/h1-4,6,8-9,20H,5,7,10H2,(H,19,21). The number of hydrogen-bond acceptors (Lipinski definition) is 2. The lowest BCUT2D eigenvalue weighted by atomic mass is 10.1. The third-order valence-electron chi connectivity index (χ3n) is 3.02. The molecule has 0 saturated heterocycles. The molecule has 0 aliphatic rings. The summed E-state index contributed by atoms with van der Waals surface area (Å²) in [5.74, 6) is -2.04. The zero-order chi connectivity index (χ0) is 15.2. The average molecular weight is 291 g/mol. The largest absolute Gasteiger partial charge is 0.392 e. The molecule has 0 spiro atoms. The van der Waals surface area contributed by atoms with E-state index in [0.717, 1.165) is 12.1 Å². The summed E-state index contributed by atoms with van der Waals surface area (Å²) in [4.78, 5) is 11.8.